The number of nitrogens with zero attached hydrogens (tertiary/aromatic N) is 5. The van der Waals surface area contributed by atoms with Crippen molar-refractivity contribution >= 4 is 16.9 Å². The molecule has 3 aromatic rings. The number of likely N-dealkylation sites (tertiary alicyclic amines) is 1. The summed E-state index contributed by atoms with van der Waals surface area (Å²) in [6.45, 7) is 2.87. The van der Waals surface area contributed by atoms with Crippen molar-refractivity contribution < 1.29 is 4.79 Å². The maximum Gasteiger partial charge on any atom is 0.251 e. The van der Waals surface area contributed by atoms with Gasteiger partial charge in [0.1, 0.15) is 5.52 Å². The minimum absolute atomic E-state index is 0.0289. The number of hydrogen-bond donors (Lipinski definition) is 1. The van der Waals surface area contributed by atoms with Crippen molar-refractivity contribution in [1.82, 2.24) is 30.2 Å². The Labute approximate surface area is 152 Å². The van der Waals surface area contributed by atoms with E-state index in [-0.39, 0.29) is 11.9 Å². The SMILES string of the molecule is Cn1nnc2ccc(C(=O)NC3CCN(Cc4cccnc4)CC3)cc21. The van der Waals surface area contributed by atoms with E-state index in [1.165, 1.54) is 5.56 Å². The number of nitrogens with one attached hydrogen (secondary N) is 1. The third-order valence-electron chi connectivity index (χ3n) is 4.92. The number of benzene rings is 1. The molecule has 26 heavy (non-hydrogen) atoms. The Morgan fingerprint density at radius 3 is 2.88 bits per heavy atom. The van der Waals surface area contributed by atoms with Crippen LogP contribution in [0.1, 0.15) is 28.8 Å². The van der Waals surface area contributed by atoms with Crippen LogP contribution in [0.15, 0.2) is 42.7 Å². The largest absolute Gasteiger partial charge is 0.349 e. The van der Waals surface area contributed by atoms with E-state index in [0.717, 1.165) is 43.5 Å². The molecule has 1 N–H and O–H groups in total. The topological polar surface area (TPSA) is 75.9 Å². The van der Waals surface area contributed by atoms with Crippen LogP contribution in [-0.4, -0.2) is 49.9 Å². The number of rotatable bonds is 4. The van der Waals surface area contributed by atoms with Crippen molar-refractivity contribution in [2.75, 3.05) is 13.1 Å². The Bertz CT molecular complexity index is 899. The van der Waals surface area contributed by atoms with Crippen LogP contribution >= 0.6 is 0 Å². The van der Waals surface area contributed by atoms with Gasteiger partial charge in [-0.2, -0.15) is 0 Å². The zero-order valence-electron chi connectivity index (χ0n) is 14.8. The Balaban J connectivity index is 1.33. The normalized spacial score (nSPS) is 16.0. The zero-order valence-corrected chi connectivity index (χ0v) is 14.8. The highest BCUT2D eigenvalue weighted by Gasteiger charge is 2.21. The van der Waals surface area contributed by atoms with E-state index in [4.69, 9.17) is 0 Å². The van der Waals surface area contributed by atoms with Gasteiger partial charge in [0.2, 0.25) is 0 Å². The molecule has 0 saturated carbocycles. The zero-order chi connectivity index (χ0) is 17.9. The first-order valence-electron chi connectivity index (χ1n) is 8.90. The molecule has 134 valence electrons. The van der Waals surface area contributed by atoms with Gasteiger partial charge in [0.15, 0.2) is 0 Å². The summed E-state index contributed by atoms with van der Waals surface area (Å²) in [5.74, 6) is -0.0289. The monoisotopic (exact) mass is 350 g/mol. The summed E-state index contributed by atoms with van der Waals surface area (Å²) in [5, 5.41) is 11.2. The molecule has 4 rings (SSSR count). The molecular formula is C19H22N6O. The molecule has 0 spiro atoms. The highest BCUT2D eigenvalue weighted by Crippen LogP contribution is 2.16. The predicted molar refractivity (Wildman–Crippen MR) is 98.5 cm³/mol. The first-order chi connectivity index (χ1) is 12.7. The molecule has 1 aliphatic heterocycles. The fraction of sp³-hybridized carbons (Fsp3) is 0.368. The summed E-state index contributed by atoms with van der Waals surface area (Å²) >= 11 is 0. The minimum Gasteiger partial charge on any atom is -0.349 e. The van der Waals surface area contributed by atoms with Gasteiger partial charge in [0.05, 0.1) is 5.52 Å². The number of aromatic nitrogens is 4. The molecule has 0 bridgehead atoms. The van der Waals surface area contributed by atoms with Gasteiger partial charge in [-0.15, -0.1) is 5.10 Å². The average Bonchev–Trinajstić information content (AvgIpc) is 3.04. The molecule has 0 atom stereocenters. The fourth-order valence-electron chi connectivity index (χ4n) is 3.43. The quantitative estimate of drug-likeness (QED) is 0.776. The fourth-order valence-corrected chi connectivity index (χ4v) is 3.43. The molecule has 1 aromatic carbocycles. The lowest BCUT2D eigenvalue weighted by atomic mass is 10.0. The Kier molecular flexibility index (Phi) is 4.62. The number of carbonyl (C=O) groups is 1. The van der Waals surface area contributed by atoms with Crippen LogP contribution in [0.2, 0.25) is 0 Å². The number of carbonyl (C=O) groups excluding carboxylic acids is 1. The first-order valence-corrected chi connectivity index (χ1v) is 8.90. The van der Waals surface area contributed by atoms with Gasteiger partial charge < -0.3 is 5.32 Å². The molecular weight excluding hydrogens is 328 g/mol. The van der Waals surface area contributed by atoms with E-state index in [9.17, 15) is 4.79 Å². The molecule has 0 aliphatic carbocycles. The number of amides is 1. The summed E-state index contributed by atoms with van der Waals surface area (Å²) in [5.41, 5.74) is 3.55. The molecule has 7 nitrogen and oxygen atoms in total. The van der Waals surface area contributed by atoms with Crippen LogP contribution in [0, 0.1) is 0 Å². The van der Waals surface area contributed by atoms with Gasteiger partial charge in [0.25, 0.3) is 5.91 Å². The number of aryl methyl sites for hydroxylation is 1. The second-order valence-electron chi connectivity index (χ2n) is 6.80. The lowest BCUT2D eigenvalue weighted by Crippen LogP contribution is -2.44. The molecule has 7 heteroatoms. The second kappa shape index (κ2) is 7.21. The number of piperidine rings is 1. The predicted octanol–water partition coefficient (Wildman–Crippen LogP) is 1.76. The molecule has 0 radical (unpaired) electrons. The molecule has 0 unspecified atom stereocenters. The van der Waals surface area contributed by atoms with Gasteiger partial charge in [-0.3, -0.25) is 14.7 Å². The summed E-state index contributed by atoms with van der Waals surface area (Å²) in [4.78, 5) is 19.2. The molecule has 1 fully saturated rings. The Morgan fingerprint density at radius 1 is 1.27 bits per heavy atom. The Morgan fingerprint density at radius 2 is 2.12 bits per heavy atom. The van der Waals surface area contributed by atoms with E-state index >= 15 is 0 Å². The van der Waals surface area contributed by atoms with Crippen LogP contribution in [0.3, 0.4) is 0 Å². The van der Waals surface area contributed by atoms with Crippen molar-refractivity contribution in [3.05, 3.63) is 53.9 Å². The number of pyridine rings is 1. The third-order valence-corrected chi connectivity index (χ3v) is 4.92. The van der Waals surface area contributed by atoms with E-state index in [1.807, 2.05) is 37.5 Å². The second-order valence-corrected chi connectivity index (χ2v) is 6.80. The molecule has 1 saturated heterocycles. The van der Waals surface area contributed by atoms with Gasteiger partial charge >= 0.3 is 0 Å². The average molecular weight is 350 g/mol. The van der Waals surface area contributed by atoms with Gasteiger partial charge in [-0.25, -0.2) is 4.68 Å². The van der Waals surface area contributed by atoms with Crippen LogP contribution in [-0.2, 0) is 13.6 Å². The summed E-state index contributed by atoms with van der Waals surface area (Å²) in [7, 11) is 1.83. The van der Waals surface area contributed by atoms with Crippen molar-refractivity contribution in [3.8, 4) is 0 Å². The summed E-state index contributed by atoms with van der Waals surface area (Å²) in [6.07, 6.45) is 5.63. The molecule has 3 heterocycles. The van der Waals surface area contributed by atoms with Crippen LogP contribution < -0.4 is 5.32 Å². The highest BCUT2D eigenvalue weighted by atomic mass is 16.1. The minimum atomic E-state index is -0.0289. The third kappa shape index (κ3) is 3.57. The van der Waals surface area contributed by atoms with Gasteiger partial charge in [-0.1, -0.05) is 11.3 Å². The maximum atomic E-state index is 12.6. The van der Waals surface area contributed by atoms with E-state index in [0.29, 0.717) is 5.56 Å². The number of hydrogen-bond acceptors (Lipinski definition) is 5. The van der Waals surface area contributed by atoms with Crippen molar-refractivity contribution in [2.24, 2.45) is 7.05 Å². The van der Waals surface area contributed by atoms with E-state index < -0.39 is 0 Å². The van der Waals surface area contributed by atoms with Crippen LogP contribution in [0.5, 0.6) is 0 Å². The number of fused-ring (bicyclic) bond motifs is 1. The van der Waals surface area contributed by atoms with Crippen molar-refractivity contribution in [1.29, 1.82) is 0 Å². The lowest BCUT2D eigenvalue weighted by molar-refractivity contribution is 0.0909. The van der Waals surface area contributed by atoms with Gasteiger partial charge in [-0.05, 0) is 42.7 Å². The molecule has 2 aromatic heterocycles. The van der Waals surface area contributed by atoms with E-state index in [2.05, 4.69) is 31.6 Å². The summed E-state index contributed by atoms with van der Waals surface area (Å²) in [6, 6.07) is 9.79. The Hall–Kier alpha value is -2.80. The van der Waals surface area contributed by atoms with E-state index in [1.54, 1.807) is 10.9 Å². The molecule has 1 amide bonds. The first kappa shape index (κ1) is 16.7. The van der Waals surface area contributed by atoms with Crippen LogP contribution in [0.4, 0.5) is 0 Å². The smallest absolute Gasteiger partial charge is 0.251 e. The van der Waals surface area contributed by atoms with Gasteiger partial charge in [0, 0.05) is 50.7 Å². The lowest BCUT2D eigenvalue weighted by Gasteiger charge is -2.32. The standard InChI is InChI=1S/C19H22N6O/c1-24-18-11-15(4-5-17(18)22-23-24)19(26)21-16-6-9-25(10-7-16)13-14-3-2-8-20-12-14/h2-5,8,11-12,16H,6-7,9-10,13H2,1H3,(H,21,26). The molecule has 1 aliphatic rings. The van der Waals surface area contributed by atoms with Crippen LogP contribution in [0.25, 0.3) is 11.0 Å². The maximum absolute atomic E-state index is 12.6. The van der Waals surface area contributed by atoms with Crippen molar-refractivity contribution in [2.45, 2.75) is 25.4 Å². The van der Waals surface area contributed by atoms with Crippen molar-refractivity contribution in [3.63, 3.8) is 0 Å². The highest BCUT2D eigenvalue weighted by molar-refractivity contribution is 5.97. The summed E-state index contributed by atoms with van der Waals surface area (Å²) < 4.78 is 1.68.